The Morgan fingerprint density at radius 2 is 1.46 bits per heavy atom. The lowest BCUT2D eigenvalue weighted by atomic mass is 9.84. The Hall–Kier alpha value is -2.41. The molecule has 2 N–H and O–H groups in total. The van der Waals surface area contributed by atoms with E-state index in [0.717, 1.165) is 87.3 Å². The van der Waals surface area contributed by atoms with Gasteiger partial charge in [-0.2, -0.15) is 0 Å². The Morgan fingerprint density at radius 3 is 2.05 bits per heavy atom. The molecule has 1 unspecified atom stereocenters. The number of aliphatic hydroxyl groups excluding tert-OH is 1. The molecule has 0 aliphatic carbocycles. The Morgan fingerprint density at radius 1 is 0.902 bits per heavy atom. The lowest BCUT2D eigenvalue weighted by Gasteiger charge is -2.34. The maximum absolute atomic E-state index is 15.8. The number of aliphatic hydroxyl groups is 1. The zero-order valence-electron chi connectivity index (χ0n) is 39.3. The molecule has 0 bridgehead atoms. The minimum Gasteiger partial charge on any atom is -0.756 e. The van der Waals surface area contributed by atoms with Crippen LogP contribution in [-0.4, -0.2) is 90.2 Å². The lowest BCUT2D eigenvalue weighted by molar-refractivity contribution is -0.870. The predicted octanol–water partition coefficient (Wildman–Crippen LogP) is 10.7. The summed E-state index contributed by atoms with van der Waals surface area (Å²) in [6.07, 6.45) is 27.6. The highest BCUT2D eigenvalue weighted by molar-refractivity contribution is 7.45. The van der Waals surface area contributed by atoms with Gasteiger partial charge in [-0.15, -0.1) is 0 Å². The number of amides is 1. The van der Waals surface area contributed by atoms with E-state index in [9.17, 15) is 19.4 Å². The van der Waals surface area contributed by atoms with E-state index in [4.69, 9.17) is 9.05 Å². The minimum absolute atomic E-state index is 0.0319. The van der Waals surface area contributed by atoms with Gasteiger partial charge in [-0.05, 0) is 70.2 Å². The van der Waals surface area contributed by atoms with Crippen molar-refractivity contribution in [3.05, 3.63) is 52.5 Å². The van der Waals surface area contributed by atoms with Crippen LogP contribution in [0, 0.1) is 13.8 Å². The van der Waals surface area contributed by atoms with Gasteiger partial charge in [-0.3, -0.25) is 9.36 Å². The van der Waals surface area contributed by atoms with Crippen LogP contribution in [-0.2, 0) is 18.4 Å². The summed E-state index contributed by atoms with van der Waals surface area (Å²) in [5.41, 5.74) is 5.38. The first-order valence-electron chi connectivity index (χ1n) is 23.7. The van der Waals surface area contributed by atoms with Crippen molar-refractivity contribution in [3.63, 3.8) is 0 Å². The van der Waals surface area contributed by atoms with Crippen LogP contribution in [0.15, 0.2) is 35.6 Å². The van der Waals surface area contributed by atoms with E-state index in [1.807, 2.05) is 53.2 Å². The molecule has 348 valence electrons. The summed E-state index contributed by atoms with van der Waals surface area (Å²) >= 11 is 0. The number of carbonyl (C=O) groups is 1. The number of fused-ring (bicyclic) bond motifs is 2. The number of rotatable bonds is 33. The number of nitrogens with zero attached hydrogens (tertiary/aromatic N) is 3. The fourth-order valence-corrected chi connectivity index (χ4v) is 9.47. The van der Waals surface area contributed by atoms with Gasteiger partial charge in [0.25, 0.3) is 7.82 Å². The highest BCUT2D eigenvalue weighted by Crippen LogP contribution is 2.43. The summed E-state index contributed by atoms with van der Waals surface area (Å²) in [6.45, 7) is 5.72. The predicted molar refractivity (Wildman–Crippen MR) is 246 cm³/mol. The summed E-state index contributed by atoms with van der Waals surface area (Å²) in [7, 11) is 1.16. The average Bonchev–Trinajstić information content (AvgIpc) is 3.66. The normalized spacial score (nSPS) is 17.1. The third-order valence-electron chi connectivity index (χ3n) is 12.1. The second-order valence-corrected chi connectivity index (χ2v) is 20.2. The van der Waals surface area contributed by atoms with Crippen LogP contribution in [0.25, 0.3) is 5.57 Å². The molecule has 10 nitrogen and oxygen atoms in total. The van der Waals surface area contributed by atoms with Crippen LogP contribution in [0.3, 0.4) is 0 Å². The van der Waals surface area contributed by atoms with Gasteiger partial charge in [0.2, 0.25) is 5.91 Å². The first-order valence-corrected chi connectivity index (χ1v) is 25.2. The van der Waals surface area contributed by atoms with Crippen molar-refractivity contribution < 1.29 is 46.0 Å². The van der Waals surface area contributed by atoms with Gasteiger partial charge in [0.05, 0.1) is 39.9 Å². The number of halogens is 2. The van der Waals surface area contributed by atoms with Crippen LogP contribution in [0.1, 0.15) is 179 Å². The standard InChI is InChI=1S/C47H82BF2N4O6P/c1-9-10-11-12-13-14-15-16-17-18-22-25-28-31-44(55)43(37-60-61(57,58)59-34-33-54(6,7)8)51-45(56)32-29-26-23-20-19-21-24-27-30-42-46-38(2)35-40(4)52(46)48(49,50)53-41(5)36-39(3)47(42)53/h28,31,35-36,43-44,55H,9-27,29-30,32-34,37H2,1-8H3,(H-,51,56,57,58)/b31-28+/t43-,44+/m0/s1. The van der Waals surface area contributed by atoms with Gasteiger partial charge in [0.15, 0.2) is 5.70 Å². The van der Waals surface area contributed by atoms with E-state index in [2.05, 4.69) is 12.2 Å². The molecule has 0 radical (unpaired) electrons. The quantitative estimate of drug-likeness (QED) is 0.0239. The molecule has 0 aromatic carbocycles. The number of hydrogen-bond donors (Lipinski definition) is 2. The Kier molecular flexibility index (Phi) is 22.9. The number of carbonyl (C=O) groups excluding carboxylic acids is 1. The Bertz CT molecular complexity index is 1700. The van der Waals surface area contributed by atoms with Crippen molar-refractivity contribution in [2.75, 3.05) is 40.9 Å². The molecule has 14 heteroatoms. The number of allylic oxidation sites excluding steroid dienone is 4. The van der Waals surface area contributed by atoms with Crippen molar-refractivity contribution in [1.29, 1.82) is 0 Å². The highest BCUT2D eigenvalue weighted by atomic mass is 31.2. The zero-order valence-corrected chi connectivity index (χ0v) is 40.1. The van der Waals surface area contributed by atoms with Crippen molar-refractivity contribution in [3.8, 4) is 0 Å². The van der Waals surface area contributed by atoms with Crippen molar-refractivity contribution in [1.82, 2.24) is 9.79 Å². The number of hydrogen-bond acceptors (Lipinski definition) is 6. The number of phosphoric ester groups is 1. The summed E-state index contributed by atoms with van der Waals surface area (Å²) in [5, 5.41) is 13.8. The van der Waals surface area contributed by atoms with E-state index in [-0.39, 0.29) is 18.9 Å². The largest absolute Gasteiger partial charge is 0.756 e. The van der Waals surface area contributed by atoms with E-state index in [1.165, 1.54) is 66.8 Å². The number of quaternary nitrogens is 1. The Balaban J connectivity index is 1.38. The average molecular weight is 879 g/mol. The van der Waals surface area contributed by atoms with Crippen molar-refractivity contribution in [2.24, 2.45) is 0 Å². The van der Waals surface area contributed by atoms with Crippen LogP contribution in [0.2, 0.25) is 0 Å². The molecular formula is C47H82BF2N4O6P. The number of nitrogens with one attached hydrogen (secondary N) is 1. The zero-order chi connectivity index (χ0) is 45.1. The molecule has 0 fully saturated rings. The van der Waals surface area contributed by atoms with Gasteiger partial charge in [-0.25, -0.2) is 0 Å². The second kappa shape index (κ2) is 26.4. The smallest absolute Gasteiger partial charge is 0.737 e. The number of aromatic nitrogens is 1. The van der Waals surface area contributed by atoms with Crippen LogP contribution in [0.4, 0.5) is 8.63 Å². The molecule has 2 aliphatic heterocycles. The molecule has 1 aromatic heterocycles. The van der Waals surface area contributed by atoms with Gasteiger partial charge in [-0.1, -0.05) is 122 Å². The Labute approximate surface area is 368 Å². The third kappa shape index (κ3) is 17.9. The van der Waals surface area contributed by atoms with E-state index in [1.54, 1.807) is 19.9 Å². The third-order valence-corrected chi connectivity index (χ3v) is 13.1. The fraction of sp³-hybridized carbons (Fsp3) is 0.745. The van der Waals surface area contributed by atoms with Gasteiger partial charge >= 0.3 is 6.97 Å². The SMILES string of the molecule is CCCCCCCCCCCCC/C=C/[C@@H](O)[C@H](COP(=O)([O-])OCC[N+](C)(C)C)NC(=O)CCCCCCCCCCC1=C2C(C)=CC(C)=[N+]2[B-](F)(F)n2c(C)cc(C)c21. The van der Waals surface area contributed by atoms with E-state index >= 15 is 8.63 Å². The summed E-state index contributed by atoms with van der Waals surface area (Å²) in [4.78, 5) is 25.5. The lowest BCUT2D eigenvalue weighted by Crippen LogP contribution is -2.51. The molecular weight excluding hydrogens is 796 g/mol. The van der Waals surface area contributed by atoms with Crippen LogP contribution in [0.5, 0.6) is 0 Å². The van der Waals surface area contributed by atoms with E-state index in [0.29, 0.717) is 40.2 Å². The highest BCUT2D eigenvalue weighted by Gasteiger charge is 2.54. The van der Waals surface area contributed by atoms with E-state index < -0.39 is 33.5 Å². The summed E-state index contributed by atoms with van der Waals surface area (Å²) in [5.74, 6) is -0.259. The van der Waals surface area contributed by atoms with Gasteiger partial charge < -0.3 is 46.4 Å². The number of likely N-dealkylation sites (N-methyl/N-ethyl adjacent to an activating group) is 1. The maximum atomic E-state index is 15.8. The molecule has 0 saturated carbocycles. The van der Waals surface area contributed by atoms with Gasteiger partial charge in [0.1, 0.15) is 18.9 Å². The number of aryl methyl sites for hydroxylation is 2. The number of unbranched alkanes of at least 4 members (excludes halogenated alkanes) is 18. The van der Waals surface area contributed by atoms with Gasteiger partial charge in [0, 0.05) is 36.3 Å². The second-order valence-electron chi connectivity index (χ2n) is 18.8. The molecule has 1 aromatic rings. The van der Waals surface area contributed by atoms with Crippen LogP contribution >= 0.6 is 7.82 Å². The van der Waals surface area contributed by atoms with Crippen molar-refractivity contribution in [2.45, 2.75) is 188 Å². The van der Waals surface area contributed by atoms with Crippen molar-refractivity contribution >= 4 is 32.0 Å². The molecule has 0 spiro atoms. The number of phosphoric acid groups is 1. The first-order chi connectivity index (χ1) is 28.9. The topological polar surface area (TPSA) is 116 Å². The first kappa shape index (κ1) is 52.9. The summed E-state index contributed by atoms with van der Waals surface area (Å²) in [6, 6.07) is 0.934. The molecule has 3 atom stereocenters. The molecule has 2 aliphatic rings. The minimum atomic E-state index is -4.64. The summed E-state index contributed by atoms with van der Waals surface area (Å²) < 4.78 is 57.5. The molecule has 1 amide bonds. The monoisotopic (exact) mass is 879 g/mol. The molecule has 0 saturated heterocycles. The fourth-order valence-electron chi connectivity index (χ4n) is 8.75. The molecule has 61 heavy (non-hydrogen) atoms. The van der Waals surface area contributed by atoms with Crippen LogP contribution < -0.4 is 10.2 Å². The maximum Gasteiger partial charge on any atom is 0.737 e. The molecule has 3 rings (SSSR count). The molecule has 3 heterocycles.